The van der Waals surface area contributed by atoms with Gasteiger partial charge in [0.25, 0.3) is 0 Å². The van der Waals surface area contributed by atoms with Gasteiger partial charge in [-0.3, -0.25) is 0 Å². The quantitative estimate of drug-likeness (QED) is 0.193. The number of hydrogen-bond donors (Lipinski definition) is 2. The Morgan fingerprint density at radius 3 is 2.10 bits per heavy atom. The highest BCUT2D eigenvalue weighted by molar-refractivity contribution is 5.89. The molecule has 4 aromatic rings. The van der Waals surface area contributed by atoms with Gasteiger partial charge in [-0.1, -0.05) is 60.7 Å². The molecule has 5 rings (SSSR count). The van der Waals surface area contributed by atoms with Gasteiger partial charge in [0.05, 0.1) is 24.6 Å². The molecule has 2 N–H and O–H groups in total. The Hall–Kier alpha value is -4.54. The largest absolute Gasteiger partial charge is 0.478 e. The first-order valence-corrected chi connectivity index (χ1v) is 13.9. The number of benzene rings is 2. The van der Waals surface area contributed by atoms with E-state index in [2.05, 4.69) is 75.6 Å². The number of imidazole rings is 1. The minimum Gasteiger partial charge on any atom is -0.478 e. The third kappa shape index (κ3) is 9.53. The zero-order chi connectivity index (χ0) is 29.7. The molecule has 3 heterocycles. The van der Waals surface area contributed by atoms with Crippen molar-refractivity contribution in [2.45, 2.75) is 38.4 Å². The topological polar surface area (TPSA) is 126 Å². The Balaban J connectivity index is 0.000000446. The molecule has 2 aromatic carbocycles. The molecule has 1 fully saturated rings. The molecule has 0 amide bonds. The third-order valence-corrected chi connectivity index (χ3v) is 6.72. The maximum absolute atomic E-state index is 9.55. The number of aliphatic carboxylic acids is 2. The van der Waals surface area contributed by atoms with E-state index < -0.39 is 11.9 Å². The summed E-state index contributed by atoms with van der Waals surface area (Å²) >= 11 is 0. The lowest BCUT2D eigenvalue weighted by Crippen LogP contribution is -2.38. The molecule has 0 spiro atoms. The predicted octanol–water partition coefficient (Wildman–Crippen LogP) is 4.79. The van der Waals surface area contributed by atoms with Gasteiger partial charge in [0.1, 0.15) is 6.10 Å². The predicted molar refractivity (Wildman–Crippen MR) is 158 cm³/mol. The Morgan fingerprint density at radius 1 is 0.929 bits per heavy atom. The van der Waals surface area contributed by atoms with E-state index in [-0.39, 0.29) is 12.2 Å². The van der Waals surface area contributed by atoms with Gasteiger partial charge in [-0.15, -0.1) is 5.10 Å². The van der Waals surface area contributed by atoms with Crippen LogP contribution in [-0.2, 0) is 14.3 Å². The molecule has 1 aliphatic heterocycles. The van der Waals surface area contributed by atoms with Gasteiger partial charge in [0, 0.05) is 37.9 Å². The number of nitrogens with zero attached hydrogens (tertiary/aromatic N) is 4. The molecule has 220 valence electrons. The van der Waals surface area contributed by atoms with E-state index in [1.54, 1.807) is 4.52 Å². The van der Waals surface area contributed by atoms with Crippen LogP contribution in [0, 0.1) is 6.92 Å². The van der Waals surface area contributed by atoms with Crippen LogP contribution in [0.1, 0.15) is 42.2 Å². The standard InChI is InChI=1S/C28H32N4O2.C4H4O4/c1-22-21-32-26(29-22)13-14-27(30-32)33-20-8-17-31-18-15-25(16-19-31)34-28(23-9-4-2-5-10-23)24-11-6-3-7-12-24;5-3(6)1-2-4(7)8/h2-7,9-14,21,25,28H,8,15-20H2,1H3;1-2H,(H,5,6)(H,7,8). The van der Waals surface area contributed by atoms with Crippen molar-refractivity contribution in [1.29, 1.82) is 0 Å². The summed E-state index contributed by atoms with van der Waals surface area (Å²) in [4.78, 5) is 26.0. The first-order valence-electron chi connectivity index (χ1n) is 13.9. The lowest BCUT2D eigenvalue weighted by molar-refractivity contribution is -0.134. The molecule has 0 bridgehead atoms. The number of likely N-dealkylation sites (tertiary alicyclic amines) is 1. The number of carboxylic acid groups (broad SMARTS) is 2. The summed E-state index contributed by atoms with van der Waals surface area (Å²) in [6.07, 6.45) is 6.36. The minimum atomic E-state index is -1.26. The van der Waals surface area contributed by atoms with Crippen molar-refractivity contribution >= 4 is 17.6 Å². The lowest BCUT2D eigenvalue weighted by Gasteiger charge is -2.34. The van der Waals surface area contributed by atoms with Crippen LogP contribution in [-0.4, -0.2) is 74.0 Å². The summed E-state index contributed by atoms with van der Waals surface area (Å²) in [5, 5.41) is 20.1. The van der Waals surface area contributed by atoms with Gasteiger partial charge in [-0.2, -0.15) is 0 Å². The van der Waals surface area contributed by atoms with Gasteiger partial charge >= 0.3 is 11.9 Å². The van der Waals surface area contributed by atoms with E-state index in [1.807, 2.05) is 25.3 Å². The number of hydrogen-bond acceptors (Lipinski definition) is 7. The Kier molecular flexibility index (Phi) is 11.2. The van der Waals surface area contributed by atoms with Crippen LogP contribution in [0.15, 0.2) is 91.1 Å². The van der Waals surface area contributed by atoms with E-state index in [0.29, 0.717) is 24.6 Å². The molecule has 10 nitrogen and oxygen atoms in total. The van der Waals surface area contributed by atoms with Crippen LogP contribution in [0.25, 0.3) is 5.65 Å². The first kappa shape index (κ1) is 30.4. The van der Waals surface area contributed by atoms with Crippen molar-refractivity contribution in [3.8, 4) is 5.88 Å². The molecular formula is C32H36N4O6. The van der Waals surface area contributed by atoms with Crippen LogP contribution >= 0.6 is 0 Å². The summed E-state index contributed by atoms with van der Waals surface area (Å²) in [6.45, 7) is 5.76. The highest BCUT2D eigenvalue weighted by atomic mass is 16.5. The molecule has 1 saturated heterocycles. The van der Waals surface area contributed by atoms with Crippen LogP contribution < -0.4 is 4.74 Å². The number of fused-ring (bicyclic) bond motifs is 1. The third-order valence-electron chi connectivity index (χ3n) is 6.72. The van der Waals surface area contributed by atoms with Gasteiger partial charge < -0.3 is 24.6 Å². The smallest absolute Gasteiger partial charge is 0.328 e. The maximum Gasteiger partial charge on any atom is 0.328 e. The van der Waals surface area contributed by atoms with E-state index in [1.165, 1.54) is 11.1 Å². The molecule has 10 heteroatoms. The second-order valence-corrected chi connectivity index (χ2v) is 9.95. The molecule has 42 heavy (non-hydrogen) atoms. The summed E-state index contributed by atoms with van der Waals surface area (Å²) in [6, 6.07) is 24.9. The summed E-state index contributed by atoms with van der Waals surface area (Å²) in [7, 11) is 0. The monoisotopic (exact) mass is 572 g/mol. The van der Waals surface area contributed by atoms with Crippen LogP contribution in [0.5, 0.6) is 5.88 Å². The number of piperidine rings is 1. The van der Waals surface area contributed by atoms with Crippen molar-refractivity contribution in [2.24, 2.45) is 0 Å². The average molecular weight is 573 g/mol. The molecule has 0 unspecified atom stereocenters. The number of carboxylic acids is 2. The van der Waals surface area contributed by atoms with Crippen LogP contribution in [0.2, 0.25) is 0 Å². The number of rotatable bonds is 11. The Bertz CT molecular complexity index is 1390. The average Bonchev–Trinajstić information content (AvgIpc) is 3.38. The van der Waals surface area contributed by atoms with Crippen molar-refractivity contribution in [1.82, 2.24) is 19.5 Å². The van der Waals surface area contributed by atoms with Gasteiger partial charge in [-0.05, 0) is 43.4 Å². The SMILES string of the molecule is Cc1cn2nc(OCCCN3CCC(OC(c4ccccc4)c4ccccc4)CC3)ccc2n1.O=C(O)C=CC(=O)O. The highest BCUT2D eigenvalue weighted by Crippen LogP contribution is 2.30. The Morgan fingerprint density at radius 2 is 1.52 bits per heavy atom. The number of aromatic nitrogens is 3. The minimum absolute atomic E-state index is 0.0172. The van der Waals surface area contributed by atoms with E-state index in [4.69, 9.17) is 19.7 Å². The fourth-order valence-corrected chi connectivity index (χ4v) is 4.73. The number of carbonyl (C=O) groups is 2. The van der Waals surface area contributed by atoms with E-state index in [9.17, 15) is 9.59 Å². The molecule has 0 aliphatic carbocycles. The fourth-order valence-electron chi connectivity index (χ4n) is 4.73. The highest BCUT2D eigenvalue weighted by Gasteiger charge is 2.24. The second kappa shape index (κ2) is 15.5. The second-order valence-electron chi connectivity index (χ2n) is 9.95. The molecule has 0 saturated carbocycles. The summed E-state index contributed by atoms with van der Waals surface area (Å²) in [5.74, 6) is -1.87. The molecule has 2 aromatic heterocycles. The van der Waals surface area contributed by atoms with Crippen molar-refractivity contribution in [2.75, 3.05) is 26.2 Å². The number of ether oxygens (including phenoxy) is 2. The van der Waals surface area contributed by atoms with Gasteiger partial charge in [0.15, 0.2) is 5.65 Å². The Labute approximate surface area is 244 Å². The summed E-state index contributed by atoms with van der Waals surface area (Å²) < 4.78 is 14.3. The molecule has 1 aliphatic rings. The van der Waals surface area contributed by atoms with E-state index >= 15 is 0 Å². The normalized spacial score (nSPS) is 14.1. The van der Waals surface area contributed by atoms with Gasteiger partial charge in [-0.25, -0.2) is 19.1 Å². The summed E-state index contributed by atoms with van der Waals surface area (Å²) in [5.41, 5.74) is 4.23. The van der Waals surface area contributed by atoms with Crippen molar-refractivity contribution in [3.63, 3.8) is 0 Å². The maximum atomic E-state index is 9.55. The van der Waals surface area contributed by atoms with Crippen LogP contribution in [0.3, 0.4) is 0 Å². The van der Waals surface area contributed by atoms with Crippen LogP contribution in [0.4, 0.5) is 0 Å². The lowest BCUT2D eigenvalue weighted by atomic mass is 10.00. The van der Waals surface area contributed by atoms with E-state index in [0.717, 1.165) is 50.2 Å². The molecule has 0 radical (unpaired) electrons. The first-order chi connectivity index (χ1) is 20.4. The fraction of sp³-hybridized carbons (Fsp3) is 0.312. The van der Waals surface area contributed by atoms with Gasteiger partial charge in [0.2, 0.25) is 5.88 Å². The number of aryl methyl sites for hydroxylation is 1. The zero-order valence-electron chi connectivity index (χ0n) is 23.6. The molecular weight excluding hydrogens is 536 g/mol. The van der Waals surface area contributed by atoms with Crippen molar-refractivity contribution in [3.05, 3.63) is 108 Å². The van der Waals surface area contributed by atoms with Crippen molar-refractivity contribution < 1.29 is 29.3 Å². The zero-order valence-corrected chi connectivity index (χ0v) is 23.6. The molecule has 0 atom stereocenters.